The van der Waals surface area contributed by atoms with Crippen LogP contribution in [0.15, 0.2) is 24.3 Å². The molecular formula is C10H11BrO2. The molecule has 1 atom stereocenters. The first-order valence-electron chi connectivity index (χ1n) is 3.97. The Bertz CT molecular complexity index is 290. The average Bonchev–Trinajstić information content (AvgIpc) is 2.17. The van der Waals surface area contributed by atoms with Gasteiger partial charge in [0.05, 0.1) is 11.9 Å². The smallest absolute Gasteiger partial charge is 0.176 e. The summed E-state index contributed by atoms with van der Waals surface area (Å²) in [6, 6.07) is 7.09. The van der Waals surface area contributed by atoms with Crippen molar-refractivity contribution in [1.82, 2.24) is 0 Å². The molecule has 0 heterocycles. The molecule has 1 aromatic carbocycles. The summed E-state index contributed by atoms with van der Waals surface area (Å²) in [6.07, 6.45) is 0. The van der Waals surface area contributed by atoms with Crippen molar-refractivity contribution in [1.29, 1.82) is 0 Å². The van der Waals surface area contributed by atoms with Gasteiger partial charge in [-0.05, 0) is 31.2 Å². The number of hydrogen-bond donors (Lipinski definition) is 0. The van der Waals surface area contributed by atoms with Crippen molar-refractivity contribution in [3.05, 3.63) is 29.8 Å². The topological polar surface area (TPSA) is 26.3 Å². The third kappa shape index (κ3) is 2.56. The second kappa shape index (κ2) is 4.42. The van der Waals surface area contributed by atoms with Gasteiger partial charge in [-0.15, -0.1) is 0 Å². The second-order valence-corrected chi connectivity index (χ2v) is 4.08. The molecule has 0 unspecified atom stereocenters. The second-order valence-electron chi connectivity index (χ2n) is 2.71. The monoisotopic (exact) mass is 242 g/mol. The summed E-state index contributed by atoms with van der Waals surface area (Å²) in [7, 11) is 1.60. The van der Waals surface area contributed by atoms with Crippen LogP contribution in [0, 0.1) is 0 Å². The molecule has 0 aliphatic carbocycles. The Balaban J connectivity index is 2.86. The largest absolute Gasteiger partial charge is 0.497 e. The summed E-state index contributed by atoms with van der Waals surface area (Å²) >= 11 is 3.23. The van der Waals surface area contributed by atoms with E-state index in [-0.39, 0.29) is 10.6 Å². The Morgan fingerprint density at radius 2 is 1.92 bits per heavy atom. The number of hydrogen-bond acceptors (Lipinski definition) is 2. The van der Waals surface area contributed by atoms with E-state index in [1.807, 2.05) is 6.92 Å². The first-order valence-corrected chi connectivity index (χ1v) is 4.89. The van der Waals surface area contributed by atoms with Crippen LogP contribution in [0.1, 0.15) is 17.3 Å². The fourth-order valence-electron chi connectivity index (χ4n) is 0.985. The molecule has 1 rings (SSSR count). The molecule has 2 nitrogen and oxygen atoms in total. The molecule has 0 N–H and O–H groups in total. The SMILES string of the molecule is COc1ccc(C(=O)[C@H](C)Br)cc1. The molecule has 0 fully saturated rings. The molecule has 0 bridgehead atoms. The molecule has 0 spiro atoms. The molecule has 3 heteroatoms. The van der Waals surface area contributed by atoms with E-state index in [0.717, 1.165) is 5.75 Å². The van der Waals surface area contributed by atoms with Gasteiger partial charge in [0, 0.05) is 5.56 Å². The van der Waals surface area contributed by atoms with Crippen LogP contribution in [0.4, 0.5) is 0 Å². The summed E-state index contributed by atoms with van der Waals surface area (Å²) in [4.78, 5) is 11.3. The lowest BCUT2D eigenvalue weighted by molar-refractivity contribution is 0.0996. The van der Waals surface area contributed by atoms with Crippen LogP contribution in [-0.2, 0) is 0 Å². The molecule has 0 aliphatic heterocycles. The van der Waals surface area contributed by atoms with E-state index in [9.17, 15) is 4.79 Å². The van der Waals surface area contributed by atoms with Crippen molar-refractivity contribution in [3.63, 3.8) is 0 Å². The molecule has 0 saturated heterocycles. The van der Waals surface area contributed by atoms with E-state index in [4.69, 9.17) is 4.74 Å². The van der Waals surface area contributed by atoms with Crippen LogP contribution in [0.25, 0.3) is 0 Å². The molecule has 0 aliphatic rings. The minimum absolute atomic E-state index is 0.0858. The predicted molar refractivity (Wildman–Crippen MR) is 55.7 cm³/mol. The molecule has 13 heavy (non-hydrogen) atoms. The highest BCUT2D eigenvalue weighted by Crippen LogP contribution is 2.14. The van der Waals surface area contributed by atoms with Gasteiger partial charge in [-0.25, -0.2) is 0 Å². The van der Waals surface area contributed by atoms with Gasteiger partial charge in [-0.2, -0.15) is 0 Å². The Morgan fingerprint density at radius 3 is 2.31 bits per heavy atom. The summed E-state index contributed by atoms with van der Waals surface area (Å²) in [5, 5.41) is 0. The standard InChI is InChI=1S/C10H11BrO2/c1-7(11)10(12)8-3-5-9(13-2)6-4-8/h3-7H,1-2H3/t7-/m0/s1. The number of carbonyl (C=O) groups is 1. The maximum Gasteiger partial charge on any atom is 0.176 e. The first kappa shape index (κ1) is 10.3. The van der Waals surface area contributed by atoms with Gasteiger partial charge < -0.3 is 4.74 Å². The lowest BCUT2D eigenvalue weighted by atomic mass is 10.1. The number of rotatable bonds is 3. The van der Waals surface area contributed by atoms with Crippen molar-refractivity contribution in [3.8, 4) is 5.75 Å². The van der Waals surface area contributed by atoms with Crippen molar-refractivity contribution in [2.45, 2.75) is 11.8 Å². The summed E-state index contributed by atoms with van der Waals surface area (Å²) < 4.78 is 4.99. The predicted octanol–water partition coefficient (Wildman–Crippen LogP) is 2.66. The van der Waals surface area contributed by atoms with Gasteiger partial charge in [-0.1, -0.05) is 15.9 Å². The van der Waals surface area contributed by atoms with Gasteiger partial charge in [0.25, 0.3) is 0 Å². The number of methoxy groups -OCH3 is 1. The van der Waals surface area contributed by atoms with Crippen molar-refractivity contribution in [2.75, 3.05) is 7.11 Å². The molecule has 0 saturated carbocycles. The zero-order chi connectivity index (χ0) is 9.84. The Morgan fingerprint density at radius 1 is 1.38 bits per heavy atom. The lowest BCUT2D eigenvalue weighted by Crippen LogP contribution is -2.09. The van der Waals surface area contributed by atoms with E-state index in [1.165, 1.54) is 0 Å². The number of alkyl halides is 1. The number of Topliss-reactive ketones (excluding diaryl/α,β-unsaturated/α-hetero) is 1. The maximum atomic E-state index is 11.5. The lowest BCUT2D eigenvalue weighted by Gasteiger charge is -2.03. The Labute approximate surface area is 86.0 Å². The highest BCUT2D eigenvalue weighted by Gasteiger charge is 2.10. The minimum atomic E-state index is -0.138. The Kier molecular flexibility index (Phi) is 3.48. The molecule has 1 aromatic rings. The summed E-state index contributed by atoms with van der Waals surface area (Å²) in [6.45, 7) is 1.81. The third-order valence-electron chi connectivity index (χ3n) is 1.74. The summed E-state index contributed by atoms with van der Waals surface area (Å²) in [5.41, 5.74) is 0.699. The highest BCUT2D eigenvalue weighted by molar-refractivity contribution is 9.10. The zero-order valence-electron chi connectivity index (χ0n) is 7.58. The molecular weight excluding hydrogens is 232 g/mol. The molecule has 0 aromatic heterocycles. The van der Waals surface area contributed by atoms with Crippen LogP contribution in [0.3, 0.4) is 0 Å². The van der Waals surface area contributed by atoms with Crippen LogP contribution < -0.4 is 4.74 Å². The molecule has 0 radical (unpaired) electrons. The van der Waals surface area contributed by atoms with Crippen LogP contribution in [0.2, 0.25) is 0 Å². The van der Waals surface area contributed by atoms with E-state index in [2.05, 4.69) is 15.9 Å². The van der Waals surface area contributed by atoms with Gasteiger partial charge in [0.2, 0.25) is 0 Å². The van der Waals surface area contributed by atoms with Gasteiger partial charge in [-0.3, -0.25) is 4.79 Å². The highest BCUT2D eigenvalue weighted by atomic mass is 79.9. The number of benzene rings is 1. The quantitative estimate of drug-likeness (QED) is 0.602. The van der Waals surface area contributed by atoms with Crippen LogP contribution in [-0.4, -0.2) is 17.7 Å². The zero-order valence-corrected chi connectivity index (χ0v) is 9.17. The number of halogens is 1. The van der Waals surface area contributed by atoms with E-state index < -0.39 is 0 Å². The van der Waals surface area contributed by atoms with Crippen molar-refractivity contribution >= 4 is 21.7 Å². The molecule has 70 valence electrons. The summed E-state index contributed by atoms with van der Waals surface area (Å²) in [5.74, 6) is 0.849. The fourth-order valence-corrected chi connectivity index (χ4v) is 1.25. The average molecular weight is 243 g/mol. The van der Waals surface area contributed by atoms with Crippen molar-refractivity contribution < 1.29 is 9.53 Å². The number of ether oxygens (including phenoxy) is 1. The van der Waals surface area contributed by atoms with Crippen molar-refractivity contribution in [2.24, 2.45) is 0 Å². The third-order valence-corrected chi connectivity index (χ3v) is 2.15. The van der Waals surface area contributed by atoms with Crippen LogP contribution >= 0.6 is 15.9 Å². The molecule has 0 amide bonds. The van der Waals surface area contributed by atoms with E-state index >= 15 is 0 Å². The fraction of sp³-hybridized carbons (Fsp3) is 0.300. The number of ketones is 1. The van der Waals surface area contributed by atoms with Crippen LogP contribution in [0.5, 0.6) is 5.75 Å². The minimum Gasteiger partial charge on any atom is -0.497 e. The Hall–Kier alpha value is -0.830. The van der Waals surface area contributed by atoms with E-state index in [0.29, 0.717) is 5.56 Å². The van der Waals surface area contributed by atoms with E-state index in [1.54, 1.807) is 31.4 Å². The van der Waals surface area contributed by atoms with Gasteiger partial charge in [0.1, 0.15) is 5.75 Å². The van der Waals surface area contributed by atoms with Gasteiger partial charge in [0.15, 0.2) is 5.78 Å². The number of carbonyl (C=O) groups excluding carboxylic acids is 1. The van der Waals surface area contributed by atoms with Gasteiger partial charge >= 0.3 is 0 Å². The maximum absolute atomic E-state index is 11.5. The first-order chi connectivity index (χ1) is 6.15. The normalized spacial score (nSPS) is 12.2.